The van der Waals surface area contributed by atoms with Crippen molar-refractivity contribution in [1.82, 2.24) is 39.7 Å². The number of nitrogens with zero attached hydrogens (tertiary/aromatic N) is 7. The van der Waals surface area contributed by atoms with Gasteiger partial charge in [0.05, 0.1) is 23.5 Å². The fourth-order valence-electron chi connectivity index (χ4n) is 5.26. The Morgan fingerprint density at radius 1 is 1.30 bits per heavy atom. The van der Waals surface area contributed by atoms with Crippen LogP contribution in [-0.4, -0.2) is 59.3 Å². The molecular weight excluding hydrogens is 515 g/mol. The maximum absolute atomic E-state index is 15.3. The van der Waals surface area contributed by atoms with E-state index in [2.05, 4.69) is 48.9 Å². The van der Waals surface area contributed by atoms with E-state index in [1.807, 2.05) is 10.7 Å². The van der Waals surface area contributed by atoms with Gasteiger partial charge in [0.1, 0.15) is 18.3 Å². The lowest BCUT2D eigenvalue weighted by atomic mass is 10.0. The molecule has 0 aliphatic heterocycles. The standard InChI is InChI=1S/C27H31FN10O2/c1-2-3-4-10-30-27(39)40-22-8-7-18(24(22)28)20-12-23(36-35-20)34-26-31-14-19(25-33-16(13-29)15-37(25)26)21-9-11-32-38(21)17-5-6-17/h9,11-12,14-15,17-18,22,24H,2-8,10H2,1H3,(H,30,39)(H2,31,34,35,36)/t18-,22-,24-/m0/s1. The lowest BCUT2D eigenvalue weighted by Gasteiger charge is -2.17. The molecule has 0 unspecified atom stereocenters. The van der Waals surface area contributed by atoms with Gasteiger partial charge in [-0.3, -0.25) is 14.2 Å². The van der Waals surface area contributed by atoms with Crippen LogP contribution in [0.1, 0.15) is 75.2 Å². The van der Waals surface area contributed by atoms with Crippen LogP contribution in [0.25, 0.3) is 16.9 Å². The number of aromatic amines is 1. The van der Waals surface area contributed by atoms with Crippen LogP contribution in [0.2, 0.25) is 0 Å². The molecule has 3 N–H and O–H groups in total. The molecule has 2 saturated carbocycles. The van der Waals surface area contributed by atoms with Crippen LogP contribution in [0.4, 0.5) is 21.0 Å². The number of alkyl carbamates (subject to hydrolysis) is 1. The molecule has 0 bridgehead atoms. The Kier molecular flexibility index (Phi) is 7.06. The van der Waals surface area contributed by atoms with Crippen molar-refractivity contribution in [1.29, 1.82) is 5.26 Å². The van der Waals surface area contributed by atoms with Gasteiger partial charge in [0.2, 0.25) is 5.95 Å². The van der Waals surface area contributed by atoms with E-state index in [1.54, 1.807) is 29.1 Å². The molecule has 13 heteroatoms. The highest BCUT2D eigenvalue weighted by Gasteiger charge is 2.41. The van der Waals surface area contributed by atoms with E-state index >= 15 is 4.39 Å². The van der Waals surface area contributed by atoms with Crippen LogP contribution >= 0.6 is 0 Å². The van der Waals surface area contributed by atoms with E-state index in [1.165, 1.54) is 0 Å². The summed E-state index contributed by atoms with van der Waals surface area (Å²) in [5, 5.41) is 27.1. The van der Waals surface area contributed by atoms with E-state index in [4.69, 9.17) is 4.74 Å². The minimum absolute atomic E-state index is 0.254. The maximum atomic E-state index is 15.3. The van der Waals surface area contributed by atoms with E-state index in [-0.39, 0.29) is 5.69 Å². The minimum Gasteiger partial charge on any atom is -0.443 e. The molecule has 4 aromatic heterocycles. The van der Waals surface area contributed by atoms with Crippen LogP contribution in [0, 0.1) is 11.3 Å². The van der Waals surface area contributed by atoms with Crippen molar-refractivity contribution in [2.75, 3.05) is 11.9 Å². The molecule has 2 aliphatic rings. The highest BCUT2D eigenvalue weighted by molar-refractivity contribution is 5.77. The fraction of sp³-hybridized carbons (Fsp3) is 0.481. The van der Waals surface area contributed by atoms with E-state index in [9.17, 15) is 10.1 Å². The van der Waals surface area contributed by atoms with Crippen molar-refractivity contribution in [3.63, 3.8) is 0 Å². The van der Waals surface area contributed by atoms with Gasteiger partial charge >= 0.3 is 6.09 Å². The van der Waals surface area contributed by atoms with Crippen LogP contribution in [-0.2, 0) is 4.74 Å². The summed E-state index contributed by atoms with van der Waals surface area (Å²) in [5.41, 5.74) is 3.09. The zero-order valence-electron chi connectivity index (χ0n) is 22.2. The number of ether oxygens (including phenoxy) is 1. The van der Waals surface area contributed by atoms with Crippen LogP contribution in [0.15, 0.2) is 30.7 Å². The normalized spacial score (nSPS) is 20.5. The Balaban J connectivity index is 1.17. The number of carbonyl (C=O) groups is 1. The fourth-order valence-corrected chi connectivity index (χ4v) is 5.26. The predicted octanol–water partition coefficient (Wildman–Crippen LogP) is 4.77. The van der Waals surface area contributed by atoms with Gasteiger partial charge in [-0.25, -0.2) is 19.2 Å². The van der Waals surface area contributed by atoms with E-state index in [0.29, 0.717) is 48.5 Å². The third kappa shape index (κ3) is 5.09. The Morgan fingerprint density at radius 2 is 2.17 bits per heavy atom. The molecule has 12 nitrogen and oxygen atoms in total. The number of anilines is 2. The number of H-pyrrole nitrogens is 1. The molecule has 3 atom stereocenters. The average molecular weight is 547 g/mol. The van der Waals surface area contributed by atoms with Crippen molar-refractivity contribution in [3.05, 3.63) is 42.1 Å². The molecule has 6 rings (SSSR count). The number of aromatic nitrogens is 7. The molecule has 208 valence electrons. The van der Waals surface area contributed by atoms with Crippen molar-refractivity contribution >= 4 is 23.5 Å². The molecule has 40 heavy (non-hydrogen) atoms. The first kappa shape index (κ1) is 25.8. The molecule has 0 spiro atoms. The van der Waals surface area contributed by atoms with Gasteiger partial charge in [0.15, 0.2) is 17.2 Å². The summed E-state index contributed by atoms with van der Waals surface area (Å²) >= 11 is 0. The second kappa shape index (κ2) is 11.0. The van der Waals surface area contributed by atoms with E-state index < -0.39 is 24.3 Å². The summed E-state index contributed by atoms with van der Waals surface area (Å²) in [6.45, 7) is 2.61. The number of rotatable bonds is 10. The lowest BCUT2D eigenvalue weighted by Crippen LogP contribution is -2.33. The number of halogens is 1. The number of unbranched alkanes of at least 4 members (excludes halogenated alkanes) is 2. The smallest absolute Gasteiger partial charge is 0.407 e. The number of nitriles is 1. The minimum atomic E-state index is -1.35. The number of carbonyl (C=O) groups excluding carboxylic acids is 1. The topological polar surface area (TPSA) is 151 Å². The number of hydrogen-bond donors (Lipinski definition) is 3. The average Bonchev–Trinajstić information content (AvgIpc) is 3.32. The van der Waals surface area contributed by atoms with Gasteiger partial charge < -0.3 is 15.4 Å². The van der Waals surface area contributed by atoms with Crippen LogP contribution < -0.4 is 10.6 Å². The molecule has 1 amide bonds. The largest absolute Gasteiger partial charge is 0.443 e. The van der Waals surface area contributed by atoms with Crippen molar-refractivity contribution < 1.29 is 13.9 Å². The van der Waals surface area contributed by atoms with Crippen molar-refractivity contribution in [3.8, 4) is 17.3 Å². The SMILES string of the molecule is CCCCCNC(=O)O[C@H]1CC[C@@H](c2cc(Nc3ncc(-c4ccnn4C4CC4)c4nc(C#N)cn34)n[nH]2)[C@@H]1F. The number of amides is 1. The summed E-state index contributed by atoms with van der Waals surface area (Å²) in [4.78, 5) is 21.2. The summed E-state index contributed by atoms with van der Waals surface area (Å²) in [7, 11) is 0. The second-order valence-electron chi connectivity index (χ2n) is 10.4. The number of nitrogens with one attached hydrogen (secondary N) is 3. The molecule has 0 aromatic carbocycles. The van der Waals surface area contributed by atoms with Gasteiger partial charge in [-0.2, -0.15) is 15.5 Å². The summed E-state index contributed by atoms with van der Waals surface area (Å²) in [6, 6.07) is 6.12. The molecule has 4 aromatic rings. The Morgan fingerprint density at radius 3 is 2.98 bits per heavy atom. The summed E-state index contributed by atoms with van der Waals surface area (Å²) in [6.07, 6.45) is 8.41. The third-order valence-corrected chi connectivity index (χ3v) is 7.49. The number of fused-ring (bicyclic) bond motifs is 1. The lowest BCUT2D eigenvalue weighted by molar-refractivity contribution is 0.0568. The van der Waals surface area contributed by atoms with Gasteiger partial charge in [-0.15, -0.1) is 0 Å². The zero-order chi connectivity index (χ0) is 27.6. The predicted molar refractivity (Wildman–Crippen MR) is 144 cm³/mol. The first-order chi connectivity index (χ1) is 19.6. The number of alkyl halides is 1. The maximum Gasteiger partial charge on any atom is 0.407 e. The van der Waals surface area contributed by atoms with Crippen molar-refractivity contribution in [2.45, 2.75) is 76.1 Å². The summed E-state index contributed by atoms with van der Waals surface area (Å²) < 4.78 is 24.3. The van der Waals surface area contributed by atoms with Crippen LogP contribution in [0.3, 0.4) is 0 Å². The zero-order valence-corrected chi connectivity index (χ0v) is 22.2. The van der Waals surface area contributed by atoms with Crippen LogP contribution in [0.5, 0.6) is 0 Å². The molecule has 2 fully saturated rings. The van der Waals surface area contributed by atoms with Gasteiger partial charge in [0.25, 0.3) is 0 Å². The molecule has 4 heterocycles. The van der Waals surface area contributed by atoms with Gasteiger partial charge in [-0.05, 0) is 38.2 Å². The monoisotopic (exact) mass is 546 g/mol. The first-order valence-electron chi connectivity index (χ1n) is 13.8. The quantitative estimate of drug-likeness (QED) is 0.241. The molecular formula is C27H31FN10O2. The highest BCUT2D eigenvalue weighted by atomic mass is 19.1. The molecule has 2 aliphatic carbocycles. The Hall–Kier alpha value is -4.47. The Bertz CT molecular complexity index is 1550. The Labute approximate surface area is 230 Å². The van der Waals surface area contributed by atoms with Crippen molar-refractivity contribution in [2.24, 2.45) is 0 Å². The van der Waals surface area contributed by atoms with Gasteiger partial charge in [0, 0.05) is 36.6 Å². The number of imidazole rings is 1. The number of hydrogen-bond acceptors (Lipinski definition) is 8. The van der Waals surface area contributed by atoms with E-state index in [0.717, 1.165) is 43.4 Å². The third-order valence-electron chi connectivity index (χ3n) is 7.49. The second-order valence-corrected chi connectivity index (χ2v) is 10.4. The first-order valence-corrected chi connectivity index (χ1v) is 13.8. The summed E-state index contributed by atoms with van der Waals surface area (Å²) in [5.74, 6) is 0.377. The molecule has 0 saturated heterocycles. The van der Waals surface area contributed by atoms with Gasteiger partial charge in [-0.1, -0.05) is 19.8 Å². The molecule has 0 radical (unpaired) electrons. The highest BCUT2D eigenvalue weighted by Crippen LogP contribution is 2.40.